The van der Waals surface area contributed by atoms with Crippen LogP contribution in [0, 0.1) is 5.92 Å². The van der Waals surface area contributed by atoms with Gasteiger partial charge in [0.1, 0.15) is 5.82 Å². The average Bonchev–Trinajstić information content (AvgIpc) is 2.67. The normalized spacial score (nSPS) is 14.8. The highest BCUT2D eigenvalue weighted by Crippen LogP contribution is 2.30. The largest absolute Gasteiger partial charge is 0.366 e. The lowest BCUT2D eigenvalue weighted by Gasteiger charge is -2.20. The van der Waals surface area contributed by atoms with Gasteiger partial charge in [0.05, 0.1) is 5.52 Å². The van der Waals surface area contributed by atoms with Crippen LogP contribution in [0.3, 0.4) is 0 Å². The van der Waals surface area contributed by atoms with Gasteiger partial charge >= 0.3 is 0 Å². The van der Waals surface area contributed by atoms with Gasteiger partial charge in [0.25, 0.3) is 0 Å². The van der Waals surface area contributed by atoms with E-state index in [0.717, 1.165) is 17.9 Å². The van der Waals surface area contributed by atoms with Crippen molar-refractivity contribution in [3.63, 3.8) is 0 Å². The summed E-state index contributed by atoms with van der Waals surface area (Å²) in [6.07, 6.45) is 2.21. The second-order valence-electron chi connectivity index (χ2n) is 4.44. The number of nitrogens with one attached hydrogen (secondary N) is 1. The zero-order chi connectivity index (χ0) is 11.1. The molecule has 0 amide bonds. The number of aromatic nitrogens is 2. The molecular formula is C13H15N3. The van der Waals surface area contributed by atoms with Crippen molar-refractivity contribution in [1.29, 1.82) is 0 Å². The van der Waals surface area contributed by atoms with Crippen LogP contribution in [0.15, 0.2) is 30.3 Å². The topological polar surface area (TPSA) is 29.9 Å². The summed E-state index contributed by atoms with van der Waals surface area (Å²) in [5.41, 5.74) is 2.34. The Hall–Kier alpha value is -1.77. The molecule has 1 aromatic heterocycles. The monoisotopic (exact) mass is 213 g/mol. The van der Waals surface area contributed by atoms with Crippen molar-refractivity contribution in [3.8, 4) is 0 Å². The molecule has 2 aromatic rings. The minimum absolute atomic E-state index is 0.496. The first kappa shape index (κ1) is 9.46. The van der Waals surface area contributed by atoms with Gasteiger partial charge in [-0.1, -0.05) is 26.0 Å². The first-order valence-corrected chi connectivity index (χ1v) is 5.69. The molecule has 0 saturated heterocycles. The molecule has 2 heterocycles. The Balaban J connectivity index is 2.27. The predicted octanol–water partition coefficient (Wildman–Crippen LogP) is 2.96. The van der Waals surface area contributed by atoms with E-state index in [1.54, 1.807) is 0 Å². The number of hydrogen-bond donors (Lipinski definition) is 1. The van der Waals surface area contributed by atoms with Gasteiger partial charge in [0, 0.05) is 17.6 Å². The predicted molar refractivity (Wildman–Crippen MR) is 67.3 cm³/mol. The van der Waals surface area contributed by atoms with Crippen LogP contribution >= 0.6 is 0 Å². The van der Waals surface area contributed by atoms with E-state index in [-0.39, 0.29) is 0 Å². The fourth-order valence-corrected chi connectivity index (χ4v) is 2.21. The van der Waals surface area contributed by atoms with Crippen LogP contribution in [0.2, 0.25) is 0 Å². The van der Waals surface area contributed by atoms with Crippen molar-refractivity contribution in [2.75, 3.05) is 11.9 Å². The molecule has 1 aromatic carbocycles. The molecule has 0 radical (unpaired) electrons. The number of anilines is 1. The Labute approximate surface area is 94.8 Å². The van der Waals surface area contributed by atoms with Crippen molar-refractivity contribution < 1.29 is 0 Å². The van der Waals surface area contributed by atoms with Crippen LogP contribution in [0.1, 0.15) is 13.8 Å². The van der Waals surface area contributed by atoms with Crippen molar-refractivity contribution in [2.24, 2.45) is 5.92 Å². The van der Waals surface area contributed by atoms with Crippen LogP contribution in [0.5, 0.6) is 0 Å². The van der Waals surface area contributed by atoms with E-state index in [9.17, 15) is 0 Å². The lowest BCUT2D eigenvalue weighted by Crippen LogP contribution is -2.17. The smallest absolute Gasteiger partial charge is 0.137 e. The summed E-state index contributed by atoms with van der Waals surface area (Å²) in [6.45, 7) is 5.30. The van der Waals surface area contributed by atoms with E-state index in [2.05, 4.69) is 48.5 Å². The SMILES string of the molecule is CC(C)C1=CCNc2c3ccccc3nn21. The molecule has 0 bridgehead atoms. The maximum atomic E-state index is 4.64. The number of allylic oxidation sites excluding steroid dienone is 1. The van der Waals surface area contributed by atoms with E-state index in [1.165, 1.54) is 11.1 Å². The van der Waals surface area contributed by atoms with Gasteiger partial charge in [0.15, 0.2) is 0 Å². The van der Waals surface area contributed by atoms with E-state index in [1.807, 2.05) is 10.7 Å². The van der Waals surface area contributed by atoms with Crippen LogP contribution in [0.4, 0.5) is 5.82 Å². The summed E-state index contributed by atoms with van der Waals surface area (Å²) in [5.74, 6) is 1.62. The first-order chi connectivity index (χ1) is 7.77. The number of benzene rings is 1. The molecule has 0 unspecified atom stereocenters. The number of nitrogens with zero attached hydrogens (tertiary/aromatic N) is 2. The van der Waals surface area contributed by atoms with Crippen molar-refractivity contribution in [1.82, 2.24) is 9.78 Å². The highest BCUT2D eigenvalue weighted by atomic mass is 15.3. The van der Waals surface area contributed by atoms with Gasteiger partial charge < -0.3 is 5.32 Å². The summed E-state index contributed by atoms with van der Waals surface area (Å²) in [5, 5.41) is 9.24. The van der Waals surface area contributed by atoms with Gasteiger partial charge in [-0.05, 0) is 24.1 Å². The first-order valence-electron chi connectivity index (χ1n) is 5.69. The van der Waals surface area contributed by atoms with Crippen LogP contribution in [0.25, 0.3) is 16.6 Å². The molecular weight excluding hydrogens is 198 g/mol. The molecule has 16 heavy (non-hydrogen) atoms. The molecule has 82 valence electrons. The maximum Gasteiger partial charge on any atom is 0.137 e. The standard InChI is InChI=1S/C13H15N3/c1-9(2)12-7-8-14-13-10-5-3-4-6-11(10)15-16(12)13/h3-7,9,14H,8H2,1-2H3. The Bertz CT molecular complexity index is 564. The van der Waals surface area contributed by atoms with Gasteiger partial charge in [-0.25, -0.2) is 4.68 Å². The Kier molecular flexibility index (Phi) is 1.99. The molecule has 0 fully saturated rings. The van der Waals surface area contributed by atoms with E-state index >= 15 is 0 Å². The van der Waals surface area contributed by atoms with Crippen LogP contribution in [-0.2, 0) is 0 Å². The highest BCUT2D eigenvalue weighted by Gasteiger charge is 2.18. The summed E-state index contributed by atoms with van der Waals surface area (Å²) in [4.78, 5) is 0. The van der Waals surface area contributed by atoms with Gasteiger partial charge in [0.2, 0.25) is 0 Å². The fraction of sp³-hybridized carbons (Fsp3) is 0.308. The average molecular weight is 213 g/mol. The summed E-state index contributed by atoms with van der Waals surface area (Å²) in [7, 11) is 0. The molecule has 3 heteroatoms. The minimum Gasteiger partial charge on any atom is -0.366 e. The van der Waals surface area contributed by atoms with Gasteiger partial charge in [-0.15, -0.1) is 0 Å². The molecule has 0 saturated carbocycles. The summed E-state index contributed by atoms with van der Waals surface area (Å²) >= 11 is 0. The number of fused-ring (bicyclic) bond motifs is 3. The van der Waals surface area contributed by atoms with Crippen molar-refractivity contribution >= 4 is 22.4 Å². The molecule has 3 nitrogen and oxygen atoms in total. The second kappa shape index (κ2) is 3.37. The summed E-state index contributed by atoms with van der Waals surface area (Å²) < 4.78 is 2.04. The minimum atomic E-state index is 0.496. The lowest BCUT2D eigenvalue weighted by atomic mass is 10.1. The molecule has 1 aliphatic heterocycles. The van der Waals surface area contributed by atoms with E-state index < -0.39 is 0 Å². The third-order valence-electron chi connectivity index (χ3n) is 3.00. The van der Waals surface area contributed by atoms with E-state index in [4.69, 9.17) is 0 Å². The van der Waals surface area contributed by atoms with Crippen LogP contribution in [-0.4, -0.2) is 16.3 Å². The molecule has 0 atom stereocenters. The molecule has 1 N–H and O–H groups in total. The van der Waals surface area contributed by atoms with Crippen molar-refractivity contribution in [2.45, 2.75) is 13.8 Å². The quantitative estimate of drug-likeness (QED) is 0.789. The Morgan fingerprint density at radius 2 is 2.12 bits per heavy atom. The Morgan fingerprint density at radius 3 is 2.94 bits per heavy atom. The molecule has 0 aliphatic carbocycles. The third-order valence-corrected chi connectivity index (χ3v) is 3.00. The summed E-state index contributed by atoms with van der Waals surface area (Å²) in [6, 6.07) is 8.25. The Morgan fingerprint density at radius 1 is 1.31 bits per heavy atom. The maximum absolute atomic E-state index is 4.64. The van der Waals surface area contributed by atoms with Gasteiger partial charge in [-0.2, -0.15) is 5.10 Å². The highest BCUT2D eigenvalue weighted by molar-refractivity contribution is 5.92. The lowest BCUT2D eigenvalue weighted by molar-refractivity contribution is 0.740. The molecule has 1 aliphatic rings. The van der Waals surface area contributed by atoms with Gasteiger partial charge in [-0.3, -0.25) is 0 Å². The zero-order valence-electron chi connectivity index (χ0n) is 9.57. The van der Waals surface area contributed by atoms with Crippen LogP contribution < -0.4 is 5.32 Å². The third kappa shape index (κ3) is 1.24. The zero-order valence-corrected chi connectivity index (χ0v) is 9.57. The second-order valence-corrected chi connectivity index (χ2v) is 4.44. The fourth-order valence-electron chi connectivity index (χ4n) is 2.21. The molecule has 3 rings (SSSR count). The molecule has 0 spiro atoms. The number of hydrogen-bond acceptors (Lipinski definition) is 2. The van der Waals surface area contributed by atoms with Crippen molar-refractivity contribution in [3.05, 3.63) is 30.3 Å². The number of rotatable bonds is 1. The van der Waals surface area contributed by atoms with E-state index in [0.29, 0.717) is 5.92 Å².